The highest BCUT2D eigenvalue weighted by Gasteiger charge is 2.14. The molecule has 3 nitrogen and oxygen atoms in total. The zero-order valence-corrected chi connectivity index (χ0v) is 16.0. The summed E-state index contributed by atoms with van der Waals surface area (Å²) in [6.07, 6.45) is 8.25. The SMILES string of the molecule is Cc1ccnc(-c2cc(/C=C/c3ccc4ccccc4c3)cc[n+]2CCN)c1. The molecule has 2 aromatic heterocycles. The summed E-state index contributed by atoms with van der Waals surface area (Å²) in [6.45, 7) is 3.44. The third-order valence-corrected chi connectivity index (χ3v) is 4.85. The average Bonchev–Trinajstić information content (AvgIpc) is 2.73. The molecule has 0 amide bonds. The van der Waals surface area contributed by atoms with Gasteiger partial charge in [-0.05, 0) is 52.6 Å². The zero-order valence-electron chi connectivity index (χ0n) is 16.0. The maximum atomic E-state index is 5.80. The summed E-state index contributed by atoms with van der Waals surface area (Å²) < 4.78 is 2.16. The molecule has 0 spiro atoms. The van der Waals surface area contributed by atoms with Crippen molar-refractivity contribution in [3.05, 3.63) is 95.8 Å². The number of aryl methyl sites for hydroxylation is 1. The Kier molecular flexibility index (Phi) is 5.27. The summed E-state index contributed by atoms with van der Waals surface area (Å²) in [5.41, 5.74) is 11.4. The Bertz CT molecular complexity index is 1150. The Hall–Kier alpha value is -3.30. The van der Waals surface area contributed by atoms with E-state index in [0.717, 1.165) is 23.5 Å². The lowest BCUT2D eigenvalue weighted by Crippen LogP contribution is -2.39. The molecule has 4 rings (SSSR count). The number of nitrogens with zero attached hydrogens (tertiary/aromatic N) is 2. The standard InChI is InChI=1S/C25H24N3/c1-19-10-13-27-24(16-19)25-18-21(11-14-28(25)15-12-26)7-6-20-8-9-22-4-2-3-5-23(22)17-20/h2-11,13-14,16-18H,12,15,26H2,1H3/q+1/b7-6+. The first-order valence-corrected chi connectivity index (χ1v) is 9.56. The maximum absolute atomic E-state index is 5.80. The molecular formula is C25H24N3+. The van der Waals surface area contributed by atoms with E-state index < -0.39 is 0 Å². The highest BCUT2D eigenvalue weighted by atomic mass is 15.0. The molecule has 0 aliphatic heterocycles. The third kappa shape index (κ3) is 4.00. The first-order chi connectivity index (χ1) is 13.7. The molecule has 138 valence electrons. The van der Waals surface area contributed by atoms with E-state index in [9.17, 15) is 0 Å². The predicted octanol–water partition coefficient (Wildman–Crippen LogP) is 4.63. The smallest absolute Gasteiger partial charge is 0.231 e. The normalized spacial score (nSPS) is 11.4. The summed E-state index contributed by atoms with van der Waals surface area (Å²) in [6, 6.07) is 23.4. The van der Waals surface area contributed by atoms with Crippen LogP contribution in [0.5, 0.6) is 0 Å². The monoisotopic (exact) mass is 366 g/mol. The van der Waals surface area contributed by atoms with Crippen LogP contribution < -0.4 is 10.3 Å². The van der Waals surface area contributed by atoms with E-state index in [1.54, 1.807) is 0 Å². The number of hydrogen-bond acceptors (Lipinski definition) is 2. The Balaban J connectivity index is 1.69. The topological polar surface area (TPSA) is 42.8 Å². The molecule has 2 N–H and O–H groups in total. The van der Waals surface area contributed by atoms with Gasteiger partial charge in [-0.1, -0.05) is 48.6 Å². The van der Waals surface area contributed by atoms with Crippen LogP contribution in [0.2, 0.25) is 0 Å². The molecule has 2 aromatic carbocycles. The molecule has 0 aliphatic rings. The molecule has 28 heavy (non-hydrogen) atoms. The van der Waals surface area contributed by atoms with Crippen LogP contribution in [0.1, 0.15) is 16.7 Å². The minimum absolute atomic E-state index is 0.593. The van der Waals surface area contributed by atoms with Gasteiger partial charge in [0, 0.05) is 18.3 Å². The predicted molar refractivity (Wildman–Crippen MR) is 117 cm³/mol. The van der Waals surface area contributed by atoms with Crippen LogP contribution in [0.4, 0.5) is 0 Å². The number of pyridine rings is 2. The van der Waals surface area contributed by atoms with E-state index in [1.165, 1.54) is 21.9 Å². The minimum Gasteiger partial charge on any atom is -0.325 e. The van der Waals surface area contributed by atoms with Crippen molar-refractivity contribution in [2.75, 3.05) is 6.54 Å². The van der Waals surface area contributed by atoms with Crippen LogP contribution in [0.15, 0.2) is 79.1 Å². The molecule has 3 heteroatoms. The van der Waals surface area contributed by atoms with Crippen molar-refractivity contribution < 1.29 is 4.57 Å². The van der Waals surface area contributed by atoms with Gasteiger partial charge in [0.05, 0.1) is 6.54 Å². The molecule has 2 heterocycles. The molecule has 0 saturated heterocycles. The van der Waals surface area contributed by atoms with Crippen molar-refractivity contribution in [1.82, 2.24) is 4.98 Å². The van der Waals surface area contributed by atoms with Gasteiger partial charge in [0.15, 0.2) is 12.7 Å². The number of fused-ring (bicyclic) bond motifs is 1. The number of aromatic nitrogens is 2. The van der Waals surface area contributed by atoms with Crippen LogP contribution in [0, 0.1) is 6.92 Å². The first-order valence-electron chi connectivity index (χ1n) is 9.56. The van der Waals surface area contributed by atoms with Crippen LogP contribution in [-0.4, -0.2) is 11.5 Å². The van der Waals surface area contributed by atoms with Crippen molar-refractivity contribution in [2.45, 2.75) is 13.5 Å². The summed E-state index contributed by atoms with van der Waals surface area (Å²) in [4.78, 5) is 4.56. The summed E-state index contributed by atoms with van der Waals surface area (Å²) in [5, 5.41) is 2.51. The molecule has 0 unspecified atom stereocenters. The highest BCUT2D eigenvalue weighted by Crippen LogP contribution is 2.19. The maximum Gasteiger partial charge on any atom is 0.231 e. The molecule has 0 aliphatic carbocycles. The van der Waals surface area contributed by atoms with E-state index in [1.807, 2.05) is 12.3 Å². The van der Waals surface area contributed by atoms with Crippen molar-refractivity contribution in [2.24, 2.45) is 5.73 Å². The van der Waals surface area contributed by atoms with Gasteiger partial charge in [-0.25, -0.2) is 4.98 Å². The lowest BCUT2D eigenvalue weighted by Gasteiger charge is -2.05. The van der Waals surface area contributed by atoms with E-state index in [0.29, 0.717) is 6.54 Å². The van der Waals surface area contributed by atoms with Crippen LogP contribution in [0.3, 0.4) is 0 Å². The van der Waals surface area contributed by atoms with E-state index in [4.69, 9.17) is 5.73 Å². The fraction of sp³-hybridized carbons (Fsp3) is 0.120. The number of rotatable bonds is 5. The van der Waals surface area contributed by atoms with Crippen LogP contribution in [-0.2, 0) is 6.54 Å². The van der Waals surface area contributed by atoms with Gasteiger partial charge in [0.2, 0.25) is 5.69 Å². The number of hydrogen-bond donors (Lipinski definition) is 1. The summed E-state index contributed by atoms with van der Waals surface area (Å²) >= 11 is 0. The molecule has 0 radical (unpaired) electrons. The van der Waals surface area contributed by atoms with Crippen molar-refractivity contribution in [3.8, 4) is 11.4 Å². The van der Waals surface area contributed by atoms with Crippen molar-refractivity contribution in [3.63, 3.8) is 0 Å². The third-order valence-electron chi connectivity index (χ3n) is 4.85. The second kappa shape index (κ2) is 8.15. The van der Waals surface area contributed by atoms with E-state index >= 15 is 0 Å². The number of nitrogens with two attached hydrogens (primary N) is 1. The Morgan fingerprint density at radius 3 is 2.46 bits per heavy atom. The van der Waals surface area contributed by atoms with Gasteiger partial charge >= 0.3 is 0 Å². The van der Waals surface area contributed by atoms with Gasteiger partial charge in [-0.2, -0.15) is 4.57 Å². The molecule has 0 atom stereocenters. The van der Waals surface area contributed by atoms with Crippen LogP contribution in [0.25, 0.3) is 34.3 Å². The molecule has 0 fully saturated rings. The van der Waals surface area contributed by atoms with E-state index in [-0.39, 0.29) is 0 Å². The Morgan fingerprint density at radius 1 is 0.893 bits per heavy atom. The fourth-order valence-corrected chi connectivity index (χ4v) is 3.38. The second-order valence-electron chi connectivity index (χ2n) is 6.99. The van der Waals surface area contributed by atoms with Gasteiger partial charge in [-0.3, -0.25) is 0 Å². The van der Waals surface area contributed by atoms with E-state index in [2.05, 4.69) is 95.5 Å². The number of benzene rings is 2. The van der Waals surface area contributed by atoms with Crippen LogP contribution >= 0.6 is 0 Å². The summed E-state index contributed by atoms with van der Waals surface area (Å²) in [7, 11) is 0. The zero-order chi connectivity index (χ0) is 19.3. The molecule has 0 bridgehead atoms. The minimum atomic E-state index is 0.593. The Labute approximate surface area is 165 Å². The van der Waals surface area contributed by atoms with Gasteiger partial charge in [-0.15, -0.1) is 0 Å². The second-order valence-corrected chi connectivity index (χ2v) is 6.99. The lowest BCUT2D eigenvalue weighted by molar-refractivity contribution is -0.683. The molecule has 0 saturated carbocycles. The van der Waals surface area contributed by atoms with Crippen molar-refractivity contribution in [1.29, 1.82) is 0 Å². The van der Waals surface area contributed by atoms with Gasteiger partial charge in [0.1, 0.15) is 5.69 Å². The van der Waals surface area contributed by atoms with Crippen molar-refractivity contribution >= 4 is 22.9 Å². The molecular weight excluding hydrogens is 342 g/mol. The lowest BCUT2D eigenvalue weighted by atomic mass is 10.1. The summed E-state index contributed by atoms with van der Waals surface area (Å²) in [5.74, 6) is 0. The largest absolute Gasteiger partial charge is 0.325 e. The highest BCUT2D eigenvalue weighted by molar-refractivity contribution is 5.86. The molecule has 4 aromatic rings. The average molecular weight is 366 g/mol. The quantitative estimate of drug-likeness (QED) is 0.524. The Morgan fingerprint density at radius 2 is 1.68 bits per heavy atom. The van der Waals surface area contributed by atoms with Gasteiger partial charge in [0.25, 0.3) is 0 Å². The fourth-order valence-electron chi connectivity index (χ4n) is 3.38. The van der Waals surface area contributed by atoms with Gasteiger partial charge < -0.3 is 5.73 Å². The first kappa shape index (κ1) is 18.1.